The Morgan fingerprint density at radius 1 is 1.04 bits per heavy atom. The highest BCUT2D eigenvalue weighted by molar-refractivity contribution is 7.19. The molecule has 2 aromatic carbocycles. The molecule has 3 heterocycles. The molecular formula is C22H18ClN3S. The van der Waals surface area contributed by atoms with Gasteiger partial charge >= 0.3 is 0 Å². The van der Waals surface area contributed by atoms with Gasteiger partial charge in [-0.3, -0.25) is 0 Å². The molecule has 0 aliphatic carbocycles. The molecular weight excluding hydrogens is 374 g/mol. The standard InChI is InChI=1S/C22H18ClN3S/c1-13-12-16-10-6-7-11-17(16)26(13)20-19-18(15-8-4-3-5-9-15)14(2)27-21(19)25-22(23)24-20/h3-11,13H,12H2,1-2H3. The highest BCUT2D eigenvalue weighted by Gasteiger charge is 2.31. The number of para-hydroxylation sites is 1. The summed E-state index contributed by atoms with van der Waals surface area (Å²) in [7, 11) is 0. The number of fused-ring (bicyclic) bond motifs is 2. The van der Waals surface area contributed by atoms with Crippen LogP contribution in [0.4, 0.5) is 11.5 Å². The van der Waals surface area contributed by atoms with E-state index in [2.05, 4.69) is 72.3 Å². The van der Waals surface area contributed by atoms with Gasteiger partial charge in [-0.15, -0.1) is 11.3 Å². The first kappa shape index (κ1) is 16.7. The number of hydrogen-bond donors (Lipinski definition) is 0. The summed E-state index contributed by atoms with van der Waals surface area (Å²) in [5, 5.41) is 1.39. The summed E-state index contributed by atoms with van der Waals surface area (Å²) in [6.07, 6.45) is 1.00. The fourth-order valence-electron chi connectivity index (χ4n) is 4.08. The number of aryl methyl sites for hydroxylation is 1. The highest BCUT2D eigenvalue weighted by Crippen LogP contribution is 2.46. The maximum atomic E-state index is 6.34. The molecule has 0 saturated heterocycles. The number of nitrogens with zero attached hydrogens (tertiary/aromatic N) is 3. The van der Waals surface area contributed by atoms with E-state index in [9.17, 15) is 0 Å². The van der Waals surface area contributed by atoms with Crippen molar-refractivity contribution < 1.29 is 0 Å². The van der Waals surface area contributed by atoms with Gasteiger partial charge in [-0.05, 0) is 49.1 Å². The van der Waals surface area contributed by atoms with Crippen LogP contribution in [0.3, 0.4) is 0 Å². The summed E-state index contributed by atoms with van der Waals surface area (Å²) in [6.45, 7) is 4.39. The van der Waals surface area contributed by atoms with Crippen molar-refractivity contribution >= 4 is 44.7 Å². The third-order valence-corrected chi connectivity index (χ3v) is 6.35. The van der Waals surface area contributed by atoms with Crippen molar-refractivity contribution in [2.75, 3.05) is 4.90 Å². The molecule has 0 radical (unpaired) electrons. The van der Waals surface area contributed by atoms with E-state index in [1.807, 2.05) is 6.07 Å². The average molecular weight is 392 g/mol. The molecule has 0 saturated carbocycles. The SMILES string of the molecule is Cc1sc2nc(Cl)nc(N3c4ccccc4CC3C)c2c1-c1ccccc1. The molecule has 4 aromatic rings. The van der Waals surface area contributed by atoms with Crippen LogP contribution in [0.5, 0.6) is 0 Å². The van der Waals surface area contributed by atoms with Gasteiger partial charge in [0, 0.05) is 22.2 Å². The molecule has 1 atom stereocenters. The van der Waals surface area contributed by atoms with Gasteiger partial charge in [-0.25, -0.2) is 4.98 Å². The second-order valence-corrected chi connectivity index (χ2v) is 8.49. The molecule has 0 bridgehead atoms. The molecule has 5 heteroatoms. The van der Waals surface area contributed by atoms with E-state index < -0.39 is 0 Å². The second kappa shape index (κ2) is 6.32. The van der Waals surface area contributed by atoms with Gasteiger partial charge in [0.1, 0.15) is 10.6 Å². The quantitative estimate of drug-likeness (QED) is 0.370. The molecule has 1 unspecified atom stereocenters. The van der Waals surface area contributed by atoms with E-state index >= 15 is 0 Å². The molecule has 1 aliphatic rings. The first-order valence-electron chi connectivity index (χ1n) is 9.02. The normalized spacial score (nSPS) is 16.1. The predicted octanol–water partition coefficient (Wildman–Crippen LogP) is 6.40. The Kier molecular flexibility index (Phi) is 3.92. The van der Waals surface area contributed by atoms with E-state index in [-0.39, 0.29) is 0 Å². The van der Waals surface area contributed by atoms with E-state index in [4.69, 9.17) is 16.6 Å². The van der Waals surface area contributed by atoms with Crippen LogP contribution >= 0.6 is 22.9 Å². The highest BCUT2D eigenvalue weighted by atomic mass is 35.5. The molecule has 2 aromatic heterocycles. The maximum Gasteiger partial charge on any atom is 0.225 e. The van der Waals surface area contributed by atoms with Crippen molar-refractivity contribution in [3.8, 4) is 11.1 Å². The third kappa shape index (κ3) is 2.63. The molecule has 134 valence electrons. The van der Waals surface area contributed by atoms with E-state index in [1.165, 1.54) is 27.3 Å². The van der Waals surface area contributed by atoms with Crippen LogP contribution in [0.2, 0.25) is 5.28 Å². The number of anilines is 2. The first-order chi connectivity index (χ1) is 13.1. The average Bonchev–Trinajstić information content (AvgIpc) is 3.17. The minimum Gasteiger partial charge on any atom is -0.322 e. The van der Waals surface area contributed by atoms with Gasteiger partial charge in [0.25, 0.3) is 0 Å². The van der Waals surface area contributed by atoms with E-state index in [1.54, 1.807) is 11.3 Å². The van der Waals surface area contributed by atoms with Gasteiger partial charge in [0.05, 0.1) is 5.39 Å². The van der Waals surface area contributed by atoms with Crippen molar-refractivity contribution in [2.24, 2.45) is 0 Å². The van der Waals surface area contributed by atoms with Crippen molar-refractivity contribution in [3.05, 3.63) is 70.3 Å². The van der Waals surface area contributed by atoms with E-state index in [0.717, 1.165) is 22.5 Å². The topological polar surface area (TPSA) is 29.0 Å². The summed E-state index contributed by atoms with van der Waals surface area (Å²) in [5.41, 5.74) is 4.96. The van der Waals surface area contributed by atoms with Crippen LogP contribution < -0.4 is 4.90 Å². The molecule has 0 amide bonds. The zero-order chi connectivity index (χ0) is 18.5. The third-order valence-electron chi connectivity index (χ3n) is 5.18. The molecule has 1 aliphatic heterocycles. The first-order valence-corrected chi connectivity index (χ1v) is 10.2. The lowest BCUT2D eigenvalue weighted by molar-refractivity contribution is 0.752. The predicted molar refractivity (Wildman–Crippen MR) is 114 cm³/mol. The fraction of sp³-hybridized carbons (Fsp3) is 0.182. The minimum absolute atomic E-state index is 0.301. The lowest BCUT2D eigenvalue weighted by Gasteiger charge is -2.25. The number of thiophene rings is 1. The van der Waals surface area contributed by atoms with Crippen LogP contribution in [0.15, 0.2) is 54.6 Å². The zero-order valence-corrected chi connectivity index (χ0v) is 16.7. The van der Waals surface area contributed by atoms with Crippen molar-refractivity contribution in [1.29, 1.82) is 0 Å². The van der Waals surface area contributed by atoms with Gasteiger partial charge in [-0.2, -0.15) is 4.98 Å². The van der Waals surface area contributed by atoms with Gasteiger partial charge in [-0.1, -0.05) is 48.5 Å². The molecule has 0 spiro atoms. The monoisotopic (exact) mass is 391 g/mol. The fourth-order valence-corrected chi connectivity index (χ4v) is 5.34. The molecule has 0 fully saturated rings. The van der Waals surface area contributed by atoms with Crippen LogP contribution in [0, 0.1) is 6.92 Å². The summed E-state index contributed by atoms with van der Waals surface area (Å²) in [4.78, 5) is 13.8. The Labute approximate surface area is 167 Å². The number of benzene rings is 2. The summed E-state index contributed by atoms with van der Waals surface area (Å²) >= 11 is 8.02. The van der Waals surface area contributed by atoms with Gasteiger partial charge < -0.3 is 4.90 Å². The molecule has 5 rings (SSSR count). The largest absolute Gasteiger partial charge is 0.322 e. The summed E-state index contributed by atoms with van der Waals surface area (Å²) in [6, 6.07) is 19.3. The summed E-state index contributed by atoms with van der Waals surface area (Å²) < 4.78 is 0. The smallest absolute Gasteiger partial charge is 0.225 e. The Morgan fingerprint density at radius 2 is 1.78 bits per heavy atom. The van der Waals surface area contributed by atoms with Crippen LogP contribution in [-0.4, -0.2) is 16.0 Å². The Morgan fingerprint density at radius 3 is 2.59 bits per heavy atom. The van der Waals surface area contributed by atoms with Crippen molar-refractivity contribution in [2.45, 2.75) is 26.3 Å². The Balaban J connectivity index is 1.83. The van der Waals surface area contributed by atoms with Crippen molar-refractivity contribution in [1.82, 2.24) is 9.97 Å². The number of aromatic nitrogens is 2. The van der Waals surface area contributed by atoms with Gasteiger partial charge in [0.2, 0.25) is 5.28 Å². The lowest BCUT2D eigenvalue weighted by atomic mass is 10.0. The zero-order valence-electron chi connectivity index (χ0n) is 15.1. The van der Waals surface area contributed by atoms with Crippen LogP contribution in [-0.2, 0) is 6.42 Å². The second-order valence-electron chi connectivity index (χ2n) is 6.95. The number of rotatable bonds is 2. The number of hydrogen-bond acceptors (Lipinski definition) is 4. The van der Waals surface area contributed by atoms with E-state index in [0.29, 0.717) is 11.3 Å². The Bertz CT molecular complexity index is 1150. The summed E-state index contributed by atoms with van der Waals surface area (Å²) in [5.74, 6) is 0.908. The lowest BCUT2D eigenvalue weighted by Crippen LogP contribution is -2.25. The maximum absolute atomic E-state index is 6.34. The van der Waals surface area contributed by atoms with Gasteiger partial charge in [0.15, 0.2) is 0 Å². The Hall–Kier alpha value is -2.43. The minimum atomic E-state index is 0.301. The van der Waals surface area contributed by atoms with Crippen molar-refractivity contribution in [3.63, 3.8) is 0 Å². The number of halogens is 1. The molecule has 27 heavy (non-hydrogen) atoms. The molecule has 0 N–H and O–H groups in total. The molecule has 3 nitrogen and oxygen atoms in total. The van der Waals surface area contributed by atoms with Crippen LogP contribution in [0.1, 0.15) is 17.4 Å². The van der Waals surface area contributed by atoms with Crippen LogP contribution in [0.25, 0.3) is 21.3 Å².